The van der Waals surface area contributed by atoms with Crippen molar-refractivity contribution in [1.29, 1.82) is 0 Å². The van der Waals surface area contributed by atoms with Crippen molar-refractivity contribution in [2.24, 2.45) is 17.8 Å². The van der Waals surface area contributed by atoms with Gasteiger partial charge in [0.05, 0.1) is 10.6 Å². The average Bonchev–Trinajstić information content (AvgIpc) is 3.50. The molecular formula is C32H39ClF3N3O4. The molecule has 3 fully saturated rings. The minimum absolute atomic E-state index is 0.0757. The summed E-state index contributed by atoms with van der Waals surface area (Å²) in [5.74, 6) is -0.508. The van der Waals surface area contributed by atoms with Crippen molar-refractivity contribution in [1.82, 2.24) is 9.80 Å². The van der Waals surface area contributed by atoms with Gasteiger partial charge in [-0.2, -0.15) is 13.2 Å². The first kappa shape index (κ1) is 31.6. The highest BCUT2D eigenvalue weighted by molar-refractivity contribution is 6.34. The van der Waals surface area contributed by atoms with Crippen molar-refractivity contribution in [3.8, 4) is 0 Å². The third-order valence-corrected chi connectivity index (χ3v) is 9.79. The van der Waals surface area contributed by atoms with Crippen molar-refractivity contribution in [3.63, 3.8) is 0 Å². The molecule has 2 aromatic carbocycles. The van der Waals surface area contributed by atoms with Crippen LogP contribution in [0.15, 0.2) is 48.5 Å². The summed E-state index contributed by atoms with van der Waals surface area (Å²) in [7, 11) is 0. The van der Waals surface area contributed by atoms with Crippen LogP contribution in [0, 0.1) is 17.8 Å². The number of halogens is 4. The minimum atomic E-state index is -5.13. The van der Waals surface area contributed by atoms with E-state index >= 15 is 0 Å². The maximum Gasteiger partial charge on any atom is 0.430 e. The topological polar surface area (TPSA) is 84.3 Å². The van der Waals surface area contributed by atoms with E-state index in [0.717, 1.165) is 61.5 Å². The van der Waals surface area contributed by atoms with Gasteiger partial charge in [-0.25, -0.2) is 0 Å². The van der Waals surface area contributed by atoms with Gasteiger partial charge in [0.2, 0.25) is 0 Å². The quantitative estimate of drug-likeness (QED) is 0.450. The number of aliphatic hydroxyl groups is 2. The van der Waals surface area contributed by atoms with E-state index in [0.29, 0.717) is 48.4 Å². The molecule has 11 heteroatoms. The number of carbonyl (C=O) groups excluding carboxylic acids is 2. The summed E-state index contributed by atoms with van der Waals surface area (Å²) in [6, 6.07) is 12.1. The number of likely N-dealkylation sites (tertiary alicyclic amines) is 2. The van der Waals surface area contributed by atoms with Crippen LogP contribution >= 0.6 is 11.6 Å². The lowest BCUT2D eigenvalue weighted by Crippen LogP contribution is -2.57. The Morgan fingerprint density at radius 1 is 0.837 bits per heavy atom. The first-order valence-electron chi connectivity index (χ1n) is 15.1. The molecule has 0 aromatic heterocycles. The van der Waals surface area contributed by atoms with E-state index in [1.807, 2.05) is 12.1 Å². The fourth-order valence-corrected chi connectivity index (χ4v) is 7.05. The summed E-state index contributed by atoms with van der Waals surface area (Å²) in [5.41, 5.74) is -2.58. The van der Waals surface area contributed by atoms with Crippen molar-refractivity contribution in [2.45, 2.75) is 50.3 Å². The standard InChI is InChI=1S/C32H39ClF3N3O4/c33-28-19-26(6-7-27(28)29(41)39-17-12-24(20-39)21-40)37-13-8-22(9-14-37)18-23-10-15-38(16-11-23)30(42)31(43,32(34,35)36)25-4-2-1-3-5-25/h1-7,19,22-24,40,43H,8-18,20-21H2/t24-,31-/m1/s1. The Kier molecular flexibility index (Phi) is 9.58. The van der Waals surface area contributed by atoms with Gasteiger partial charge in [-0.05, 0) is 68.6 Å². The first-order chi connectivity index (χ1) is 20.5. The molecule has 2 aromatic rings. The van der Waals surface area contributed by atoms with Crippen molar-refractivity contribution < 1.29 is 33.0 Å². The summed E-state index contributed by atoms with van der Waals surface area (Å²) in [4.78, 5) is 31.1. The van der Waals surface area contributed by atoms with E-state index in [1.54, 1.807) is 17.0 Å². The first-order valence-corrected chi connectivity index (χ1v) is 15.5. The summed E-state index contributed by atoms with van der Waals surface area (Å²) in [6.45, 7) is 3.29. The fraction of sp³-hybridized carbons (Fsp3) is 0.562. The Labute approximate surface area is 255 Å². The number of piperidine rings is 2. The van der Waals surface area contributed by atoms with Crippen LogP contribution in [0.2, 0.25) is 5.02 Å². The van der Waals surface area contributed by atoms with Gasteiger partial charge < -0.3 is 24.9 Å². The van der Waals surface area contributed by atoms with Crippen LogP contribution in [0.4, 0.5) is 18.9 Å². The Balaban J connectivity index is 1.11. The Morgan fingerprint density at radius 2 is 1.42 bits per heavy atom. The molecule has 0 radical (unpaired) electrons. The molecule has 0 bridgehead atoms. The number of hydrogen-bond donors (Lipinski definition) is 2. The van der Waals surface area contributed by atoms with Crippen LogP contribution < -0.4 is 4.90 Å². The second-order valence-corrected chi connectivity index (χ2v) is 12.6. The summed E-state index contributed by atoms with van der Waals surface area (Å²) >= 11 is 6.54. The van der Waals surface area contributed by atoms with E-state index in [9.17, 15) is 33.0 Å². The lowest BCUT2D eigenvalue weighted by atomic mass is 9.82. The van der Waals surface area contributed by atoms with Crippen LogP contribution in [0.1, 0.15) is 54.4 Å². The van der Waals surface area contributed by atoms with Gasteiger partial charge in [-0.15, -0.1) is 0 Å². The van der Waals surface area contributed by atoms with E-state index in [-0.39, 0.29) is 31.5 Å². The lowest BCUT2D eigenvalue weighted by molar-refractivity contribution is -0.262. The van der Waals surface area contributed by atoms with Crippen LogP contribution in [0.25, 0.3) is 0 Å². The zero-order valence-corrected chi connectivity index (χ0v) is 24.9. The number of carbonyl (C=O) groups is 2. The molecule has 0 spiro atoms. The number of anilines is 1. The molecule has 3 aliphatic rings. The molecule has 0 saturated carbocycles. The maximum atomic E-state index is 14.0. The molecule has 2 amide bonds. The summed E-state index contributed by atoms with van der Waals surface area (Å²) in [6.07, 6.45) is -0.234. The van der Waals surface area contributed by atoms with E-state index in [4.69, 9.17) is 11.6 Å². The zero-order chi connectivity index (χ0) is 30.8. The zero-order valence-electron chi connectivity index (χ0n) is 24.1. The van der Waals surface area contributed by atoms with Crippen LogP contribution in [0.3, 0.4) is 0 Å². The SMILES string of the molecule is O=C(c1ccc(N2CCC(CC3CCN(C(=O)[C@](O)(c4ccccc4)C(F)(F)F)CC3)CC2)cc1Cl)N1CC[C@@H](CO)C1. The number of aliphatic hydroxyl groups excluding tert-OH is 1. The Hall–Kier alpha value is -2.82. The molecular weight excluding hydrogens is 583 g/mol. The van der Waals surface area contributed by atoms with Gasteiger partial charge in [-0.1, -0.05) is 41.9 Å². The Morgan fingerprint density at radius 3 is 1.98 bits per heavy atom. The molecule has 3 aliphatic heterocycles. The van der Waals surface area contributed by atoms with E-state index in [2.05, 4.69) is 4.90 Å². The predicted molar refractivity (Wildman–Crippen MR) is 158 cm³/mol. The molecule has 2 atom stereocenters. The van der Waals surface area contributed by atoms with Crippen LogP contribution in [-0.4, -0.2) is 83.9 Å². The van der Waals surface area contributed by atoms with E-state index < -0.39 is 23.2 Å². The monoisotopic (exact) mass is 621 g/mol. The van der Waals surface area contributed by atoms with Crippen molar-refractivity contribution >= 4 is 29.1 Å². The molecule has 5 rings (SSSR count). The fourth-order valence-electron chi connectivity index (χ4n) is 6.80. The van der Waals surface area contributed by atoms with Crippen LogP contribution in [-0.2, 0) is 10.4 Å². The molecule has 3 saturated heterocycles. The molecule has 0 unspecified atom stereocenters. The van der Waals surface area contributed by atoms with Gasteiger partial charge in [0.15, 0.2) is 0 Å². The number of rotatable bonds is 7. The second-order valence-electron chi connectivity index (χ2n) is 12.2. The minimum Gasteiger partial charge on any atom is -0.396 e. The maximum absolute atomic E-state index is 14.0. The number of amides is 2. The summed E-state index contributed by atoms with van der Waals surface area (Å²) in [5, 5.41) is 20.4. The van der Waals surface area contributed by atoms with Gasteiger partial charge >= 0.3 is 6.18 Å². The predicted octanol–water partition coefficient (Wildman–Crippen LogP) is 5.09. The van der Waals surface area contributed by atoms with Gasteiger partial charge in [0.25, 0.3) is 17.4 Å². The highest BCUT2D eigenvalue weighted by atomic mass is 35.5. The Bertz CT molecular complexity index is 1280. The third-order valence-electron chi connectivity index (χ3n) is 9.47. The van der Waals surface area contributed by atoms with Crippen LogP contribution in [0.5, 0.6) is 0 Å². The van der Waals surface area contributed by atoms with Crippen molar-refractivity contribution in [3.05, 3.63) is 64.7 Å². The molecule has 7 nitrogen and oxygen atoms in total. The van der Waals surface area contributed by atoms with Gasteiger partial charge in [-0.3, -0.25) is 9.59 Å². The smallest absolute Gasteiger partial charge is 0.396 e. The number of nitrogens with zero attached hydrogens (tertiary/aromatic N) is 3. The highest BCUT2D eigenvalue weighted by Crippen LogP contribution is 2.41. The largest absolute Gasteiger partial charge is 0.430 e. The van der Waals surface area contributed by atoms with Crippen molar-refractivity contribution in [2.75, 3.05) is 50.8 Å². The molecule has 0 aliphatic carbocycles. The molecule has 234 valence electrons. The number of alkyl halides is 3. The normalized spacial score (nSPS) is 22.1. The number of benzene rings is 2. The molecule has 3 heterocycles. The average molecular weight is 622 g/mol. The number of hydrogen-bond acceptors (Lipinski definition) is 5. The van der Waals surface area contributed by atoms with E-state index in [1.165, 1.54) is 12.1 Å². The van der Waals surface area contributed by atoms with Gasteiger partial charge in [0, 0.05) is 63.0 Å². The summed E-state index contributed by atoms with van der Waals surface area (Å²) < 4.78 is 41.9. The lowest BCUT2D eigenvalue weighted by Gasteiger charge is -2.40. The molecule has 43 heavy (non-hydrogen) atoms. The highest BCUT2D eigenvalue weighted by Gasteiger charge is 2.62. The van der Waals surface area contributed by atoms with Gasteiger partial charge in [0.1, 0.15) is 0 Å². The third kappa shape index (κ3) is 6.66. The molecule has 2 N–H and O–H groups in total. The second kappa shape index (κ2) is 13.0.